The van der Waals surface area contributed by atoms with Crippen molar-refractivity contribution in [3.8, 4) is 11.1 Å². The molecular formula is C12H8ClN3. The van der Waals surface area contributed by atoms with Crippen LogP contribution in [0.1, 0.15) is 0 Å². The fraction of sp³-hybridized carbons (Fsp3) is 0. The van der Waals surface area contributed by atoms with Gasteiger partial charge < -0.3 is 0 Å². The molecule has 0 aliphatic rings. The molecule has 0 aliphatic carbocycles. The molecule has 3 rings (SSSR count). The Morgan fingerprint density at radius 1 is 1.19 bits per heavy atom. The molecule has 0 radical (unpaired) electrons. The molecule has 0 bridgehead atoms. The summed E-state index contributed by atoms with van der Waals surface area (Å²) in [5, 5.41) is 8.57. The van der Waals surface area contributed by atoms with Gasteiger partial charge in [0.05, 0.1) is 6.20 Å². The van der Waals surface area contributed by atoms with Crippen LogP contribution in [0.25, 0.3) is 22.2 Å². The van der Waals surface area contributed by atoms with Crippen molar-refractivity contribution >= 4 is 22.6 Å². The molecule has 78 valence electrons. The maximum atomic E-state index is 5.98. The number of rotatable bonds is 1. The summed E-state index contributed by atoms with van der Waals surface area (Å²) in [7, 11) is 0. The molecule has 4 heteroatoms. The maximum Gasteiger partial charge on any atom is 0.155 e. The number of benzene rings is 1. The van der Waals surface area contributed by atoms with E-state index in [2.05, 4.69) is 15.2 Å². The zero-order valence-electron chi connectivity index (χ0n) is 8.31. The van der Waals surface area contributed by atoms with E-state index in [1.165, 1.54) is 0 Å². The van der Waals surface area contributed by atoms with Crippen molar-refractivity contribution in [3.05, 3.63) is 47.7 Å². The molecule has 0 unspecified atom stereocenters. The first-order valence-electron chi connectivity index (χ1n) is 4.88. The van der Waals surface area contributed by atoms with Gasteiger partial charge >= 0.3 is 0 Å². The summed E-state index contributed by atoms with van der Waals surface area (Å²) in [5.74, 6) is 0. The molecule has 0 saturated heterocycles. The van der Waals surface area contributed by atoms with E-state index in [4.69, 9.17) is 11.6 Å². The Bertz CT molecular complexity index is 645. The Morgan fingerprint density at radius 2 is 2.12 bits per heavy atom. The number of halogens is 1. The largest absolute Gasteiger partial charge is 0.261 e. The third-order valence-electron chi connectivity index (χ3n) is 2.49. The van der Waals surface area contributed by atoms with E-state index in [1.54, 1.807) is 12.4 Å². The lowest BCUT2D eigenvalue weighted by Crippen LogP contribution is -1.81. The average molecular weight is 230 g/mol. The lowest BCUT2D eigenvalue weighted by molar-refractivity contribution is 1.10. The van der Waals surface area contributed by atoms with Gasteiger partial charge in [-0.25, -0.2) is 4.98 Å². The molecule has 2 heterocycles. The average Bonchev–Trinajstić information content (AvgIpc) is 2.76. The second-order valence-corrected chi connectivity index (χ2v) is 3.94. The minimum Gasteiger partial charge on any atom is -0.261 e. The Hall–Kier alpha value is -1.87. The van der Waals surface area contributed by atoms with E-state index < -0.39 is 0 Å². The van der Waals surface area contributed by atoms with Crippen LogP contribution in [-0.2, 0) is 0 Å². The molecule has 1 N–H and O–H groups in total. The molecule has 0 spiro atoms. The normalized spacial score (nSPS) is 10.8. The number of hydrogen-bond donors (Lipinski definition) is 1. The summed E-state index contributed by atoms with van der Waals surface area (Å²) >= 11 is 5.98. The Kier molecular flexibility index (Phi) is 2.11. The number of aromatic nitrogens is 3. The van der Waals surface area contributed by atoms with E-state index in [9.17, 15) is 0 Å². The van der Waals surface area contributed by atoms with Crippen LogP contribution in [0.4, 0.5) is 0 Å². The molecule has 0 aliphatic heterocycles. The smallest absolute Gasteiger partial charge is 0.155 e. The highest BCUT2D eigenvalue weighted by Crippen LogP contribution is 2.27. The molecule has 3 nitrogen and oxygen atoms in total. The first-order chi connectivity index (χ1) is 7.84. The highest BCUT2D eigenvalue weighted by molar-refractivity contribution is 6.30. The first-order valence-corrected chi connectivity index (χ1v) is 5.26. The third kappa shape index (κ3) is 1.46. The lowest BCUT2D eigenvalue weighted by Gasteiger charge is -2.02. The van der Waals surface area contributed by atoms with Crippen molar-refractivity contribution in [2.24, 2.45) is 0 Å². The van der Waals surface area contributed by atoms with Crippen molar-refractivity contribution in [1.29, 1.82) is 0 Å². The summed E-state index contributed by atoms with van der Waals surface area (Å²) in [6, 6.07) is 9.71. The van der Waals surface area contributed by atoms with Crippen LogP contribution in [0.2, 0.25) is 5.02 Å². The zero-order chi connectivity index (χ0) is 11.0. The van der Waals surface area contributed by atoms with E-state index in [0.29, 0.717) is 0 Å². The molecule has 0 fully saturated rings. The predicted molar refractivity (Wildman–Crippen MR) is 64.3 cm³/mol. The second kappa shape index (κ2) is 3.61. The first kappa shape index (κ1) is 9.36. The fourth-order valence-corrected chi connectivity index (χ4v) is 1.95. The van der Waals surface area contributed by atoms with Crippen LogP contribution in [0.15, 0.2) is 42.7 Å². The fourth-order valence-electron chi connectivity index (χ4n) is 1.76. The highest BCUT2D eigenvalue weighted by atomic mass is 35.5. The SMILES string of the molecule is Clc1cccc(-c2ccnc3[nH]ncc23)c1. The quantitative estimate of drug-likeness (QED) is 0.696. The van der Waals surface area contributed by atoms with Gasteiger partial charge in [0.2, 0.25) is 0 Å². The van der Waals surface area contributed by atoms with Gasteiger partial charge in [0, 0.05) is 16.6 Å². The van der Waals surface area contributed by atoms with Crippen LogP contribution in [0, 0.1) is 0 Å². The van der Waals surface area contributed by atoms with Crippen LogP contribution in [0.3, 0.4) is 0 Å². The standard InChI is InChI=1S/C12H8ClN3/c13-9-3-1-2-8(6-9)10-4-5-14-12-11(10)7-15-16-12/h1-7H,(H,14,15,16). The van der Waals surface area contributed by atoms with Crippen molar-refractivity contribution in [3.63, 3.8) is 0 Å². The van der Waals surface area contributed by atoms with Crippen molar-refractivity contribution < 1.29 is 0 Å². The van der Waals surface area contributed by atoms with E-state index in [1.807, 2.05) is 30.3 Å². The summed E-state index contributed by atoms with van der Waals surface area (Å²) in [5.41, 5.74) is 2.94. The zero-order valence-corrected chi connectivity index (χ0v) is 9.07. The van der Waals surface area contributed by atoms with Gasteiger partial charge in [-0.05, 0) is 29.3 Å². The minimum absolute atomic E-state index is 0.728. The molecule has 0 amide bonds. The van der Waals surface area contributed by atoms with Crippen LogP contribution in [-0.4, -0.2) is 15.2 Å². The summed E-state index contributed by atoms with van der Waals surface area (Å²) < 4.78 is 0. The van der Waals surface area contributed by atoms with Gasteiger partial charge in [0.25, 0.3) is 0 Å². The number of fused-ring (bicyclic) bond motifs is 1. The van der Waals surface area contributed by atoms with Gasteiger partial charge in [-0.2, -0.15) is 5.10 Å². The van der Waals surface area contributed by atoms with Crippen molar-refractivity contribution in [2.75, 3.05) is 0 Å². The summed E-state index contributed by atoms with van der Waals surface area (Å²) in [6.45, 7) is 0. The highest BCUT2D eigenvalue weighted by Gasteiger charge is 2.05. The second-order valence-electron chi connectivity index (χ2n) is 3.50. The molecule has 0 atom stereocenters. The number of hydrogen-bond acceptors (Lipinski definition) is 2. The Labute approximate surface area is 97.1 Å². The monoisotopic (exact) mass is 229 g/mol. The van der Waals surface area contributed by atoms with Crippen molar-refractivity contribution in [2.45, 2.75) is 0 Å². The van der Waals surface area contributed by atoms with E-state index in [0.717, 1.165) is 27.2 Å². The Morgan fingerprint density at radius 3 is 3.00 bits per heavy atom. The molecule has 1 aromatic carbocycles. The van der Waals surface area contributed by atoms with E-state index in [-0.39, 0.29) is 0 Å². The van der Waals surface area contributed by atoms with Gasteiger partial charge in [-0.3, -0.25) is 5.10 Å². The topological polar surface area (TPSA) is 41.6 Å². The minimum atomic E-state index is 0.728. The molecule has 0 saturated carbocycles. The summed E-state index contributed by atoms with van der Waals surface area (Å²) in [6.07, 6.45) is 3.54. The number of nitrogens with one attached hydrogen (secondary N) is 1. The van der Waals surface area contributed by atoms with Gasteiger partial charge in [-0.15, -0.1) is 0 Å². The predicted octanol–water partition coefficient (Wildman–Crippen LogP) is 3.28. The maximum absolute atomic E-state index is 5.98. The number of pyridine rings is 1. The van der Waals surface area contributed by atoms with Gasteiger partial charge in [-0.1, -0.05) is 23.7 Å². The van der Waals surface area contributed by atoms with Gasteiger partial charge in [0.1, 0.15) is 0 Å². The van der Waals surface area contributed by atoms with Crippen LogP contribution >= 0.6 is 11.6 Å². The van der Waals surface area contributed by atoms with Crippen molar-refractivity contribution in [1.82, 2.24) is 15.2 Å². The number of nitrogens with zero attached hydrogens (tertiary/aromatic N) is 2. The van der Waals surface area contributed by atoms with Crippen LogP contribution in [0.5, 0.6) is 0 Å². The third-order valence-corrected chi connectivity index (χ3v) is 2.72. The van der Waals surface area contributed by atoms with E-state index >= 15 is 0 Å². The number of aromatic amines is 1. The molecule has 16 heavy (non-hydrogen) atoms. The molecule has 2 aromatic heterocycles. The van der Waals surface area contributed by atoms with Crippen LogP contribution < -0.4 is 0 Å². The van der Waals surface area contributed by atoms with Gasteiger partial charge in [0.15, 0.2) is 5.65 Å². The molecular weight excluding hydrogens is 222 g/mol. The Balaban J connectivity index is 2.29. The summed E-state index contributed by atoms with van der Waals surface area (Å²) in [4.78, 5) is 4.20. The number of H-pyrrole nitrogens is 1. The molecule has 3 aromatic rings. The lowest BCUT2D eigenvalue weighted by atomic mass is 10.0.